The van der Waals surface area contributed by atoms with Crippen LogP contribution in [0.4, 0.5) is 11.4 Å². The van der Waals surface area contributed by atoms with Crippen LogP contribution in [0, 0.1) is 0 Å². The van der Waals surface area contributed by atoms with Crippen LogP contribution in [-0.2, 0) is 16.4 Å². The Morgan fingerprint density at radius 1 is 1.17 bits per heavy atom. The summed E-state index contributed by atoms with van der Waals surface area (Å²) >= 11 is 0. The minimum atomic E-state index is -3.74. The van der Waals surface area contributed by atoms with Crippen LogP contribution >= 0.6 is 0 Å². The molecule has 0 unspecified atom stereocenters. The van der Waals surface area contributed by atoms with Crippen LogP contribution in [0.2, 0.25) is 0 Å². The number of hydrogen-bond donors (Lipinski definition) is 1. The van der Waals surface area contributed by atoms with Crippen molar-refractivity contribution in [2.45, 2.75) is 24.7 Å². The smallest absolute Gasteiger partial charge is 0.293 e. The zero-order valence-electron chi connectivity index (χ0n) is 16.5. The average Bonchev–Trinajstić information content (AvgIpc) is 3.28. The van der Waals surface area contributed by atoms with E-state index in [4.69, 9.17) is 9.15 Å². The minimum absolute atomic E-state index is 0.151. The third-order valence-electron chi connectivity index (χ3n) is 4.87. The summed E-state index contributed by atoms with van der Waals surface area (Å²) in [7, 11) is -3.74. The molecule has 156 valence electrons. The van der Waals surface area contributed by atoms with Gasteiger partial charge < -0.3 is 14.1 Å². The molecule has 1 amide bonds. The first-order chi connectivity index (χ1) is 14.5. The van der Waals surface area contributed by atoms with Crippen molar-refractivity contribution in [1.29, 1.82) is 0 Å². The second-order valence-electron chi connectivity index (χ2n) is 6.89. The van der Waals surface area contributed by atoms with Gasteiger partial charge in [0.2, 0.25) is 0 Å². The standard InChI is InChI=1S/C22H22N2O5S/c1-2-28-18-8-10-19(11-9-18)30(26,27)23-17-7-12-20-16(15-17)5-3-13-24(20)22(25)21-6-4-14-29-21/h4,6-12,14-15,23H,2-3,5,13H2,1H3. The quantitative estimate of drug-likeness (QED) is 0.642. The maximum Gasteiger partial charge on any atom is 0.293 e. The molecule has 0 aliphatic carbocycles. The molecule has 1 N–H and O–H groups in total. The molecule has 1 aliphatic heterocycles. The second kappa shape index (κ2) is 8.23. The van der Waals surface area contributed by atoms with E-state index in [-0.39, 0.29) is 16.6 Å². The third kappa shape index (κ3) is 4.04. The van der Waals surface area contributed by atoms with E-state index in [2.05, 4.69) is 4.72 Å². The lowest BCUT2D eigenvalue weighted by molar-refractivity contribution is 0.0958. The summed E-state index contributed by atoms with van der Waals surface area (Å²) in [6.45, 7) is 2.97. The molecule has 1 aliphatic rings. The van der Waals surface area contributed by atoms with Crippen molar-refractivity contribution in [2.24, 2.45) is 0 Å². The van der Waals surface area contributed by atoms with Crippen LogP contribution in [0.5, 0.6) is 5.75 Å². The Morgan fingerprint density at radius 2 is 1.97 bits per heavy atom. The highest BCUT2D eigenvalue weighted by Gasteiger charge is 2.26. The molecule has 0 fully saturated rings. The highest BCUT2D eigenvalue weighted by atomic mass is 32.2. The predicted molar refractivity (Wildman–Crippen MR) is 114 cm³/mol. The number of nitrogens with one attached hydrogen (secondary N) is 1. The average molecular weight is 426 g/mol. The number of ether oxygens (including phenoxy) is 1. The van der Waals surface area contributed by atoms with Gasteiger partial charge in [-0.25, -0.2) is 8.42 Å². The Labute approximate surface area is 175 Å². The highest BCUT2D eigenvalue weighted by Crippen LogP contribution is 2.31. The van der Waals surface area contributed by atoms with E-state index >= 15 is 0 Å². The van der Waals surface area contributed by atoms with Gasteiger partial charge in [-0.2, -0.15) is 0 Å². The summed E-state index contributed by atoms with van der Waals surface area (Å²) in [4.78, 5) is 14.5. The number of anilines is 2. The first kappa shape index (κ1) is 20.0. The summed E-state index contributed by atoms with van der Waals surface area (Å²) in [5, 5.41) is 0. The largest absolute Gasteiger partial charge is 0.494 e. The van der Waals surface area contributed by atoms with Crippen LogP contribution in [0.25, 0.3) is 0 Å². The summed E-state index contributed by atoms with van der Waals surface area (Å²) in [5.74, 6) is 0.693. The topological polar surface area (TPSA) is 88.9 Å². The molecule has 0 bridgehead atoms. The number of rotatable bonds is 6. The Balaban J connectivity index is 1.56. The minimum Gasteiger partial charge on any atom is -0.494 e. The molecule has 2 heterocycles. The lowest BCUT2D eigenvalue weighted by atomic mass is 10.0. The second-order valence-corrected chi connectivity index (χ2v) is 8.57. The number of aryl methyl sites for hydroxylation is 1. The van der Waals surface area contributed by atoms with E-state index < -0.39 is 10.0 Å². The number of nitrogens with zero attached hydrogens (tertiary/aromatic N) is 1. The first-order valence-electron chi connectivity index (χ1n) is 9.72. The van der Waals surface area contributed by atoms with Crippen molar-refractivity contribution in [3.05, 3.63) is 72.2 Å². The first-order valence-corrected chi connectivity index (χ1v) is 11.2. The van der Waals surface area contributed by atoms with Crippen molar-refractivity contribution in [3.8, 4) is 5.75 Å². The summed E-state index contributed by atoms with van der Waals surface area (Å²) in [5.41, 5.74) is 2.13. The Kier molecular flexibility index (Phi) is 5.50. The van der Waals surface area contributed by atoms with Gasteiger partial charge >= 0.3 is 0 Å². The number of carbonyl (C=O) groups is 1. The lowest BCUT2D eigenvalue weighted by Gasteiger charge is -2.29. The monoisotopic (exact) mass is 426 g/mol. The molecule has 0 saturated heterocycles. The molecular weight excluding hydrogens is 404 g/mol. The number of carbonyl (C=O) groups excluding carboxylic acids is 1. The van der Waals surface area contributed by atoms with Crippen molar-refractivity contribution < 1.29 is 22.4 Å². The van der Waals surface area contributed by atoms with Crippen molar-refractivity contribution in [1.82, 2.24) is 0 Å². The van der Waals surface area contributed by atoms with Crippen LogP contribution in [0.1, 0.15) is 29.5 Å². The van der Waals surface area contributed by atoms with Crippen LogP contribution in [-0.4, -0.2) is 27.5 Å². The molecule has 4 rings (SSSR count). The lowest BCUT2D eigenvalue weighted by Crippen LogP contribution is -2.35. The van der Waals surface area contributed by atoms with Crippen molar-refractivity contribution >= 4 is 27.3 Å². The molecule has 3 aromatic rings. The van der Waals surface area contributed by atoms with E-state index in [1.165, 1.54) is 18.4 Å². The maximum atomic E-state index is 12.7. The maximum absolute atomic E-state index is 12.7. The fraction of sp³-hybridized carbons (Fsp3) is 0.227. The summed E-state index contributed by atoms with van der Waals surface area (Å²) in [6, 6.07) is 14.8. The molecule has 30 heavy (non-hydrogen) atoms. The van der Waals surface area contributed by atoms with E-state index in [1.807, 2.05) is 6.92 Å². The van der Waals surface area contributed by atoms with Gasteiger partial charge in [0.05, 0.1) is 17.8 Å². The molecule has 0 spiro atoms. The molecule has 1 aromatic heterocycles. The van der Waals surface area contributed by atoms with E-state index in [0.29, 0.717) is 24.6 Å². The zero-order valence-corrected chi connectivity index (χ0v) is 17.3. The molecule has 0 saturated carbocycles. The van der Waals surface area contributed by atoms with Gasteiger partial charge in [0.1, 0.15) is 5.75 Å². The molecule has 0 radical (unpaired) electrons. The SMILES string of the molecule is CCOc1ccc(S(=O)(=O)Nc2ccc3c(c2)CCCN3C(=O)c2ccco2)cc1. The van der Waals surface area contributed by atoms with Crippen LogP contribution in [0.3, 0.4) is 0 Å². The van der Waals surface area contributed by atoms with Gasteiger partial charge in [-0.15, -0.1) is 0 Å². The Bertz CT molecular complexity index is 1140. The fourth-order valence-electron chi connectivity index (χ4n) is 3.50. The Hall–Kier alpha value is -3.26. The van der Waals surface area contributed by atoms with Gasteiger partial charge in [-0.1, -0.05) is 0 Å². The van der Waals surface area contributed by atoms with Gasteiger partial charge in [-0.05, 0) is 79.9 Å². The molecule has 8 heteroatoms. The number of fused-ring (bicyclic) bond motifs is 1. The van der Waals surface area contributed by atoms with Crippen LogP contribution < -0.4 is 14.4 Å². The number of benzene rings is 2. The number of amides is 1. The molecule has 2 aromatic carbocycles. The van der Waals surface area contributed by atoms with Gasteiger partial charge in [-0.3, -0.25) is 9.52 Å². The molecule has 0 atom stereocenters. The fourth-order valence-corrected chi connectivity index (χ4v) is 4.55. The van der Waals surface area contributed by atoms with Gasteiger partial charge in [0.25, 0.3) is 15.9 Å². The number of hydrogen-bond acceptors (Lipinski definition) is 5. The third-order valence-corrected chi connectivity index (χ3v) is 6.27. The van der Waals surface area contributed by atoms with E-state index in [1.54, 1.807) is 47.4 Å². The number of sulfonamides is 1. The van der Waals surface area contributed by atoms with E-state index in [9.17, 15) is 13.2 Å². The van der Waals surface area contributed by atoms with E-state index in [0.717, 1.165) is 24.1 Å². The number of furan rings is 1. The highest BCUT2D eigenvalue weighted by molar-refractivity contribution is 7.92. The van der Waals surface area contributed by atoms with Gasteiger partial charge in [0.15, 0.2) is 5.76 Å². The summed E-state index contributed by atoms with van der Waals surface area (Å²) in [6.07, 6.45) is 3.02. The normalized spacial score (nSPS) is 13.6. The molecular formula is C22H22N2O5S. The predicted octanol–water partition coefficient (Wildman–Crippen LogP) is 4.07. The summed E-state index contributed by atoms with van der Waals surface area (Å²) < 4.78 is 38.7. The van der Waals surface area contributed by atoms with Crippen LogP contribution in [0.15, 0.2) is 70.2 Å². The van der Waals surface area contributed by atoms with Gasteiger partial charge in [0, 0.05) is 17.9 Å². The Morgan fingerprint density at radius 3 is 2.67 bits per heavy atom. The van der Waals surface area contributed by atoms with Crippen molar-refractivity contribution in [3.63, 3.8) is 0 Å². The van der Waals surface area contributed by atoms with Crippen molar-refractivity contribution in [2.75, 3.05) is 22.8 Å². The molecule has 7 nitrogen and oxygen atoms in total. The zero-order chi connectivity index (χ0) is 21.1.